The van der Waals surface area contributed by atoms with Crippen LogP contribution in [-0.4, -0.2) is 0 Å². The Kier molecular flexibility index (Phi) is 3.08. The molecule has 0 spiro atoms. The van der Waals surface area contributed by atoms with Gasteiger partial charge in [-0.25, -0.2) is 4.85 Å². The minimum Gasteiger partial charge on any atom is -0.238 e. The van der Waals surface area contributed by atoms with Crippen molar-refractivity contribution in [1.29, 1.82) is 0 Å². The standard InChI is InChI=1S/C12H15N/c1-9(2)10(3)11-5-7-12(13-4)8-6-11/h5-10H,1-3H3/t10-/m1/s1. The molecule has 0 unspecified atom stereocenters. The molecule has 0 saturated carbocycles. The maximum absolute atomic E-state index is 6.83. The van der Waals surface area contributed by atoms with E-state index < -0.39 is 0 Å². The summed E-state index contributed by atoms with van der Waals surface area (Å²) in [6.45, 7) is 13.5. The summed E-state index contributed by atoms with van der Waals surface area (Å²) in [4.78, 5) is 3.37. The Balaban J connectivity index is 2.87. The highest BCUT2D eigenvalue weighted by Gasteiger charge is 2.08. The molecular formula is C12H15N. The van der Waals surface area contributed by atoms with Gasteiger partial charge in [0.05, 0.1) is 6.57 Å². The molecule has 1 atom stereocenters. The minimum absolute atomic E-state index is 0.569. The van der Waals surface area contributed by atoms with Crippen LogP contribution >= 0.6 is 0 Å². The minimum atomic E-state index is 0.569. The summed E-state index contributed by atoms with van der Waals surface area (Å²) in [5.41, 5.74) is 2.04. The van der Waals surface area contributed by atoms with Crippen LogP contribution in [0.15, 0.2) is 24.3 Å². The van der Waals surface area contributed by atoms with Gasteiger partial charge in [0.15, 0.2) is 5.69 Å². The van der Waals surface area contributed by atoms with E-state index in [1.165, 1.54) is 5.56 Å². The molecule has 0 saturated heterocycles. The number of benzene rings is 1. The smallest absolute Gasteiger partial charge is 0.187 e. The van der Waals surface area contributed by atoms with Crippen LogP contribution in [0.2, 0.25) is 0 Å². The van der Waals surface area contributed by atoms with Gasteiger partial charge in [-0.05, 0) is 17.4 Å². The van der Waals surface area contributed by atoms with Crippen molar-refractivity contribution in [2.24, 2.45) is 5.92 Å². The van der Waals surface area contributed by atoms with Crippen LogP contribution in [0.1, 0.15) is 32.3 Å². The van der Waals surface area contributed by atoms with Crippen molar-refractivity contribution in [1.82, 2.24) is 0 Å². The molecular weight excluding hydrogens is 158 g/mol. The van der Waals surface area contributed by atoms with E-state index in [-0.39, 0.29) is 0 Å². The Morgan fingerprint density at radius 1 is 1.08 bits per heavy atom. The quantitative estimate of drug-likeness (QED) is 0.595. The Morgan fingerprint density at radius 2 is 1.62 bits per heavy atom. The molecule has 0 bridgehead atoms. The van der Waals surface area contributed by atoms with E-state index in [0.717, 1.165) is 5.69 Å². The summed E-state index contributed by atoms with van der Waals surface area (Å²) in [5, 5.41) is 0. The normalized spacial score (nSPS) is 12.5. The van der Waals surface area contributed by atoms with Crippen LogP contribution < -0.4 is 0 Å². The molecule has 1 heteroatoms. The lowest BCUT2D eigenvalue weighted by molar-refractivity contribution is 0.535. The van der Waals surface area contributed by atoms with Crippen molar-refractivity contribution in [2.75, 3.05) is 0 Å². The third-order valence-electron chi connectivity index (χ3n) is 2.55. The van der Waals surface area contributed by atoms with Crippen molar-refractivity contribution in [3.8, 4) is 0 Å². The molecule has 68 valence electrons. The van der Waals surface area contributed by atoms with Crippen LogP contribution in [-0.2, 0) is 0 Å². The van der Waals surface area contributed by atoms with E-state index in [4.69, 9.17) is 6.57 Å². The average Bonchev–Trinajstić information content (AvgIpc) is 2.17. The van der Waals surface area contributed by atoms with Crippen molar-refractivity contribution in [3.05, 3.63) is 41.2 Å². The fraction of sp³-hybridized carbons (Fsp3) is 0.417. The third kappa shape index (κ3) is 2.32. The largest absolute Gasteiger partial charge is 0.238 e. The Hall–Kier alpha value is -1.29. The van der Waals surface area contributed by atoms with Gasteiger partial charge in [-0.2, -0.15) is 0 Å². The Morgan fingerprint density at radius 3 is 2.00 bits per heavy atom. The second kappa shape index (κ2) is 4.09. The molecule has 0 amide bonds. The van der Waals surface area contributed by atoms with Crippen LogP contribution in [0.25, 0.3) is 4.85 Å². The average molecular weight is 173 g/mol. The SMILES string of the molecule is [C-]#[N+]c1ccc([C@H](C)C(C)C)cc1. The molecule has 0 heterocycles. The van der Waals surface area contributed by atoms with Crippen molar-refractivity contribution >= 4 is 5.69 Å². The molecule has 1 rings (SSSR count). The van der Waals surface area contributed by atoms with Gasteiger partial charge in [0.1, 0.15) is 0 Å². The maximum Gasteiger partial charge on any atom is 0.187 e. The first-order valence-electron chi connectivity index (χ1n) is 4.62. The number of hydrogen-bond donors (Lipinski definition) is 0. The first-order chi connectivity index (χ1) is 6.15. The number of hydrogen-bond acceptors (Lipinski definition) is 0. The number of rotatable bonds is 2. The van der Waals surface area contributed by atoms with Gasteiger partial charge in [-0.3, -0.25) is 0 Å². The van der Waals surface area contributed by atoms with Crippen LogP contribution in [0.3, 0.4) is 0 Å². The molecule has 1 aromatic carbocycles. The van der Waals surface area contributed by atoms with Crippen molar-refractivity contribution in [3.63, 3.8) is 0 Å². The van der Waals surface area contributed by atoms with Gasteiger partial charge >= 0.3 is 0 Å². The second-order valence-corrected chi connectivity index (χ2v) is 3.74. The van der Waals surface area contributed by atoms with Gasteiger partial charge in [0, 0.05) is 0 Å². The second-order valence-electron chi connectivity index (χ2n) is 3.74. The fourth-order valence-corrected chi connectivity index (χ4v) is 1.24. The lowest BCUT2D eigenvalue weighted by Gasteiger charge is -2.15. The molecule has 0 aromatic heterocycles. The first-order valence-corrected chi connectivity index (χ1v) is 4.62. The molecule has 0 aliphatic rings. The van der Waals surface area contributed by atoms with Gasteiger partial charge in [-0.15, -0.1) is 0 Å². The molecule has 0 aliphatic heterocycles. The first kappa shape index (κ1) is 9.80. The number of nitrogens with zero attached hydrogens (tertiary/aromatic N) is 1. The molecule has 0 fully saturated rings. The summed E-state index contributed by atoms with van der Waals surface area (Å²) < 4.78 is 0. The molecule has 0 N–H and O–H groups in total. The zero-order chi connectivity index (χ0) is 9.84. The summed E-state index contributed by atoms with van der Waals surface area (Å²) in [5.74, 6) is 1.22. The molecule has 1 aromatic rings. The van der Waals surface area contributed by atoms with E-state index >= 15 is 0 Å². The predicted molar refractivity (Wildman–Crippen MR) is 56.0 cm³/mol. The van der Waals surface area contributed by atoms with Crippen LogP contribution in [0.5, 0.6) is 0 Å². The van der Waals surface area contributed by atoms with Gasteiger partial charge in [0.2, 0.25) is 0 Å². The van der Waals surface area contributed by atoms with E-state index in [1.807, 2.05) is 12.1 Å². The molecule has 0 radical (unpaired) electrons. The van der Waals surface area contributed by atoms with E-state index in [9.17, 15) is 0 Å². The van der Waals surface area contributed by atoms with E-state index in [2.05, 4.69) is 37.7 Å². The zero-order valence-electron chi connectivity index (χ0n) is 8.41. The van der Waals surface area contributed by atoms with Crippen LogP contribution in [0.4, 0.5) is 5.69 Å². The fourth-order valence-electron chi connectivity index (χ4n) is 1.24. The Bertz CT molecular complexity index is 303. The highest BCUT2D eigenvalue weighted by Crippen LogP contribution is 2.25. The monoisotopic (exact) mass is 173 g/mol. The summed E-state index contributed by atoms with van der Waals surface area (Å²) >= 11 is 0. The van der Waals surface area contributed by atoms with Crippen LogP contribution in [0, 0.1) is 12.5 Å². The highest BCUT2D eigenvalue weighted by molar-refractivity contribution is 5.45. The van der Waals surface area contributed by atoms with Gasteiger partial charge in [0.25, 0.3) is 0 Å². The van der Waals surface area contributed by atoms with Gasteiger partial charge in [-0.1, -0.05) is 45.0 Å². The topological polar surface area (TPSA) is 4.36 Å². The summed E-state index contributed by atoms with van der Waals surface area (Å²) in [6, 6.07) is 7.89. The zero-order valence-corrected chi connectivity index (χ0v) is 8.41. The molecule has 1 nitrogen and oxygen atoms in total. The lowest BCUT2D eigenvalue weighted by Crippen LogP contribution is -2.01. The third-order valence-corrected chi connectivity index (χ3v) is 2.55. The molecule has 0 aliphatic carbocycles. The summed E-state index contributed by atoms with van der Waals surface area (Å²) in [7, 11) is 0. The Labute approximate surface area is 80.2 Å². The van der Waals surface area contributed by atoms with Crippen molar-refractivity contribution < 1.29 is 0 Å². The highest BCUT2D eigenvalue weighted by atomic mass is 14.6. The molecule has 13 heavy (non-hydrogen) atoms. The van der Waals surface area contributed by atoms with Crippen molar-refractivity contribution in [2.45, 2.75) is 26.7 Å². The van der Waals surface area contributed by atoms with E-state index in [0.29, 0.717) is 11.8 Å². The lowest BCUT2D eigenvalue weighted by atomic mass is 9.90. The van der Waals surface area contributed by atoms with Gasteiger partial charge < -0.3 is 0 Å². The maximum atomic E-state index is 6.83. The van der Waals surface area contributed by atoms with E-state index in [1.54, 1.807) is 0 Å². The predicted octanol–water partition coefficient (Wildman–Crippen LogP) is 4.00. The summed E-state index contributed by atoms with van der Waals surface area (Å²) in [6.07, 6.45) is 0.